The van der Waals surface area contributed by atoms with Crippen LogP contribution in [0.15, 0.2) is 103 Å². The Hall–Kier alpha value is -3.92. The molecule has 0 spiro atoms. The molecule has 2 N–H and O–H groups in total. The van der Waals surface area contributed by atoms with Gasteiger partial charge in [-0.3, -0.25) is 0 Å². The fourth-order valence-electron chi connectivity index (χ4n) is 2.64. The highest BCUT2D eigenvalue weighted by atomic mass is 16.5. The van der Waals surface area contributed by atoms with Gasteiger partial charge in [0.1, 0.15) is 34.5 Å². The highest BCUT2D eigenvalue weighted by Crippen LogP contribution is 2.31. The molecule has 0 saturated heterocycles. The van der Waals surface area contributed by atoms with E-state index >= 15 is 0 Å². The van der Waals surface area contributed by atoms with Crippen molar-refractivity contribution in [3.8, 4) is 34.5 Å². The van der Waals surface area contributed by atoms with Gasteiger partial charge in [0, 0.05) is 17.8 Å². The van der Waals surface area contributed by atoms with Gasteiger partial charge in [-0.1, -0.05) is 30.3 Å². The van der Waals surface area contributed by atoms with E-state index in [9.17, 15) is 0 Å². The molecule has 0 radical (unpaired) electrons. The summed E-state index contributed by atoms with van der Waals surface area (Å²) >= 11 is 0. The number of ether oxygens (including phenoxy) is 3. The van der Waals surface area contributed by atoms with Crippen molar-refractivity contribution in [2.45, 2.75) is 0 Å². The molecule has 4 heteroatoms. The summed E-state index contributed by atoms with van der Waals surface area (Å²) in [6.45, 7) is 0. The molecule has 0 aliphatic carbocycles. The summed E-state index contributed by atoms with van der Waals surface area (Å²) in [6, 6.07) is 31.9. The number of anilines is 1. The molecule has 0 amide bonds. The quantitative estimate of drug-likeness (QED) is 0.387. The largest absolute Gasteiger partial charge is 0.457 e. The predicted molar refractivity (Wildman–Crippen MR) is 110 cm³/mol. The minimum Gasteiger partial charge on any atom is -0.457 e. The summed E-state index contributed by atoms with van der Waals surface area (Å²) in [4.78, 5) is 0. The van der Waals surface area contributed by atoms with Gasteiger partial charge >= 0.3 is 0 Å². The summed E-state index contributed by atoms with van der Waals surface area (Å²) in [5, 5.41) is 0. The zero-order valence-electron chi connectivity index (χ0n) is 15.1. The van der Waals surface area contributed by atoms with Crippen molar-refractivity contribution >= 4 is 5.69 Å². The number of nitrogen functional groups attached to an aromatic ring is 1. The van der Waals surface area contributed by atoms with E-state index in [0.29, 0.717) is 34.4 Å². The van der Waals surface area contributed by atoms with Gasteiger partial charge in [0.2, 0.25) is 0 Å². The second kappa shape index (κ2) is 8.18. The Labute approximate surface area is 163 Å². The molecule has 0 aromatic heterocycles. The maximum Gasteiger partial charge on any atom is 0.131 e. The van der Waals surface area contributed by atoms with Crippen LogP contribution in [0, 0.1) is 0 Å². The smallest absolute Gasteiger partial charge is 0.131 e. The van der Waals surface area contributed by atoms with Crippen molar-refractivity contribution in [3.05, 3.63) is 103 Å². The Balaban J connectivity index is 1.47. The van der Waals surface area contributed by atoms with Crippen LogP contribution >= 0.6 is 0 Å². The molecular formula is C24H19NO3. The van der Waals surface area contributed by atoms with Gasteiger partial charge in [0.15, 0.2) is 0 Å². The van der Waals surface area contributed by atoms with E-state index in [0.717, 1.165) is 5.75 Å². The maximum atomic E-state index is 5.97. The van der Waals surface area contributed by atoms with Crippen LogP contribution in [-0.4, -0.2) is 0 Å². The number of nitrogens with two attached hydrogens (primary N) is 1. The van der Waals surface area contributed by atoms with Gasteiger partial charge in [0.25, 0.3) is 0 Å². The topological polar surface area (TPSA) is 53.7 Å². The number of benzene rings is 4. The second-order valence-corrected chi connectivity index (χ2v) is 6.14. The molecule has 4 nitrogen and oxygen atoms in total. The van der Waals surface area contributed by atoms with E-state index in [1.807, 2.05) is 91.0 Å². The van der Waals surface area contributed by atoms with Gasteiger partial charge < -0.3 is 19.9 Å². The first kappa shape index (κ1) is 17.5. The third kappa shape index (κ3) is 4.62. The fourth-order valence-corrected chi connectivity index (χ4v) is 2.64. The zero-order chi connectivity index (χ0) is 19.2. The minimum atomic E-state index is 0.671. The first-order valence-electron chi connectivity index (χ1n) is 8.89. The number of hydrogen-bond donors (Lipinski definition) is 1. The summed E-state index contributed by atoms with van der Waals surface area (Å²) in [5.74, 6) is 4.22. The highest BCUT2D eigenvalue weighted by molar-refractivity contribution is 5.45. The van der Waals surface area contributed by atoms with E-state index in [1.165, 1.54) is 0 Å². The average molecular weight is 369 g/mol. The molecular weight excluding hydrogens is 350 g/mol. The molecule has 4 aromatic rings. The van der Waals surface area contributed by atoms with Crippen LogP contribution in [0.25, 0.3) is 0 Å². The van der Waals surface area contributed by atoms with Crippen molar-refractivity contribution in [2.24, 2.45) is 0 Å². The van der Waals surface area contributed by atoms with E-state index in [4.69, 9.17) is 19.9 Å². The SMILES string of the molecule is Nc1ccc(Oc2cccc(Oc3cccc(Oc4ccccc4)c3)c2)cc1. The van der Waals surface area contributed by atoms with E-state index in [-0.39, 0.29) is 0 Å². The molecule has 4 aromatic carbocycles. The first-order chi connectivity index (χ1) is 13.7. The lowest BCUT2D eigenvalue weighted by molar-refractivity contribution is 0.451. The van der Waals surface area contributed by atoms with Crippen LogP contribution in [0.3, 0.4) is 0 Å². The van der Waals surface area contributed by atoms with Crippen LogP contribution in [0.5, 0.6) is 34.5 Å². The lowest BCUT2D eigenvalue weighted by Gasteiger charge is -2.11. The second-order valence-electron chi connectivity index (χ2n) is 6.14. The van der Waals surface area contributed by atoms with Crippen molar-refractivity contribution < 1.29 is 14.2 Å². The van der Waals surface area contributed by atoms with Crippen molar-refractivity contribution in [3.63, 3.8) is 0 Å². The van der Waals surface area contributed by atoms with Crippen molar-refractivity contribution in [1.82, 2.24) is 0 Å². The van der Waals surface area contributed by atoms with Gasteiger partial charge in [-0.15, -0.1) is 0 Å². The molecule has 0 fully saturated rings. The van der Waals surface area contributed by atoms with E-state index < -0.39 is 0 Å². The minimum absolute atomic E-state index is 0.671. The molecule has 0 saturated carbocycles. The Kier molecular flexibility index (Phi) is 5.11. The molecule has 0 bridgehead atoms. The van der Waals surface area contributed by atoms with Crippen LogP contribution in [0.1, 0.15) is 0 Å². The Morgan fingerprint density at radius 1 is 0.393 bits per heavy atom. The highest BCUT2D eigenvalue weighted by Gasteiger charge is 2.04. The summed E-state index contributed by atoms with van der Waals surface area (Å²) < 4.78 is 17.7. The molecule has 0 aliphatic heterocycles. The fraction of sp³-hybridized carbons (Fsp3) is 0. The van der Waals surface area contributed by atoms with Gasteiger partial charge in [-0.2, -0.15) is 0 Å². The molecule has 138 valence electrons. The van der Waals surface area contributed by atoms with Gasteiger partial charge in [-0.25, -0.2) is 0 Å². The Bertz CT molecular complexity index is 1050. The Morgan fingerprint density at radius 2 is 0.786 bits per heavy atom. The van der Waals surface area contributed by atoms with Crippen LogP contribution < -0.4 is 19.9 Å². The molecule has 0 aliphatic rings. The summed E-state index contributed by atoms with van der Waals surface area (Å²) in [7, 11) is 0. The van der Waals surface area contributed by atoms with Gasteiger partial charge in [-0.05, 0) is 60.7 Å². The normalized spacial score (nSPS) is 10.3. The number of rotatable bonds is 6. The average Bonchev–Trinajstić information content (AvgIpc) is 2.71. The van der Waals surface area contributed by atoms with Crippen LogP contribution in [0.2, 0.25) is 0 Å². The molecule has 0 atom stereocenters. The standard InChI is InChI=1S/C24H19NO3/c25-18-12-14-20(15-13-18)27-22-9-5-11-24(17-22)28-23-10-4-8-21(16-23)26-19-6-2-1-3-7-19/h1-17H,25H2. The number of hydrogen-bond acceptors (Lipinski definition) is 4. The monoisotopic (exact) mass is 369 g/mol. The van der Waals surface area contributed by atoms with Crippen LogP contribution in [-0.2, 0) is 0 Å². The van der Waals surface area contributed by atoms with E-state index in [1.54, 1.807) is 12.1 Å². The van der Waals surface area contributed by atoms with Crippen molar-refractivity contribution in [1.29, 1.82) is 0 Å². The third-order valence-electron chi connectivity index (χ3n) is 3.94. The van der Waals surface area contributed by atoms with Gasteiger partial charge in [0.05, 0.1) is 0 Å². The Morgan fingerprint density at radius 3 is 1.29 bits per heavy atom. The lowest BCUT2D eigenvalue weighted by Crippen LogP contribution is -1.89. The molecule has 0 unspecified atom stereocenters. The predicted octanol–water partition coefficient (Wildman–Crippen LogP) is 6.65. The van der Waals surface area contributed by atoms with E-state index in [2.05, 4.69) is 0 Å². The third-order valence-corrected chi connectivity index (χ3v) is 3.94. The summed E-state index contributed by atoms with van der Waals surface area (Å²) in [5.41, 5.74) is 6.40. The summed E-state index contributed by atoms with van der Waals surface area (Å²) in [6.07, 6.45) is 0. The zero-order valence-corrected chi connectivity index (χ0v) is 15.1. The lowest BCUT2D eigenvalue weighted by atomic mass is 10.3. The molecule has 28 heavy (non-hydrogen) atoms. The van der Waals surface area contributed by atoms with Crippen LogP contribution in [0.4, 0.5) is 5.69 Å². The number of para-hydroxylation sites is 1. The molecule has 0 heterocycles. The first-order valence-corrected chi connectivity index (χ1v) is 8.89. The molecule has 4 rings (SSSR count). The maximum absolute atomic E-state index is 5.97. The van der Waals surface area contributed by atoms with Crippen molar-refractivity contribution in [2.75, 3.05) is 5.73 Å².